The van der Waals surface area contributed by atoms with Crippen LogP contribution in [0.2, 0.25) is 0 Å². The van der Waals surface area contributed by atoms with Crippen LogP contribution in [0.1, 0.15) is 11.7 Å². The number of anilines is 1. The molecule has 0 aliphatic heterocycles. The van der Waals surface area contributed by atoms with Crippen molar-refractivity contribution in [3.63, 3.8) is 0 Å². The molecule has 0 radical (unpaired) electrons. The number of hydrogen-bond acceptors (Lipinski definition) is 8. The maximum atomic E-state index is 12.1. The van der Waals surface area contributed by atoms with E-state index in [1.165, 1.54) is 24.3 Å². The largest absolute Gasteiger partial charge is 0.416 e. The third-order valence-electron chi connectivity index (χ3n) is 4.26. The zero-order valence-electron chi connectivity index (χ0n) is 16.1. The van der Waals surface area contributed by atoms with E-state index >= 15 is 0 Å². The number of H-pyrrole nitrogens is 1. The fourth-order valence-corrected chi connectivity index (χ4v) is 3.90. The van der Waals surface area contributed by atoms with Crippen LogP contribution in [0, 0.1) is 0 Å². The highest BCUT2D eigenvalue weighted by atomic mass is 32.2. The predicted octanol–water partition coefficient (Wildman–Crippen LogP) is 2.11. The van der Waals surface area contributed by atoms with Gasteiger partial charge in [-0.05, 0) is 36.4 Å². The van der Waals surface area contributed by atoms with E-state index in [4.69, 9.17) is 9.56 Å². The number of nitrogens with one attached hydrogen (secondary N) is 2. The molecule has 0 aliphatic carbocycles. The normalized spacial score (nSPS) is 11.6. The van der Waals surface area contributed by atoms with Gasteiger partial charge in [0.25, 0.3) is 5.22 Å². The summed E-state index contributed by atoms with van der Waals surface area (Å²) in [5.74, 6) is 1.06. The Kier molecular flexibility index (Phi) is 6.02. The molecule has 0 spiro atoms. The SMILES string of the molecule is NS(=O)(=O)c1ccc(NC(=O)CSc2nnc(CCc3nc4ccccc4[nH]3)o2)cc1. The Morgan fingerprint density at radius 2 is 1.87 bits per heavy atom. The van der Waals surface area contributed by atoms with Crippen LogP contribution in [0.5, 0.6) is 0 Å². The highest BCUT2D eigenvalue weighted by Crippen LogP contribution is 2.19. The van der Waals surface area contributed by atoms with E-state index in [2.05, 4.69) is 25.5 Å². The lowest BCUT2D eigenvalue weighted by Crippen LogP contribution is -2.15. The number of imidazole rings is 1. The number of thioether (sulfide) groups is 1. The summed E-state index contributed by atoms with van der Waals surface area (Å²) in [4.78, 5) is 19.8. The van der Waals surface area contributed by atoms with Gasteiger partial charge in [-0.2, -0.15) is 0 Å². The number of hydrogen-bond donors (Lipinski definition) is 3. The molecule has 10 nitrogen and oxygen atoms in total. The molecular weight excluding hydrogens is 440 g/mol. The summed E-state index contributed by atoms with van der Waals surface area (Å²) in [6.07, 6.45) is 1.14. The van der Waals surface area contributed by atoms with Crippen LogP contribution in [0.25, 0.3) is 11.0 Å². The fraction of sp³-hybridized carbons (Fsp3) is 0.158. The molecule has 0 saturated heterocycles. The summed E-state index contributed by atoms with van der Waals surface area (Å²) in [5.41, 5.74) is 2.34. The molecular formula is C19H18N6O4S2. The Labute approximate surface area is 181 Å². The third-order valence-corrected chi connectivity index (χ3v) is 6.00. The minimum atomic E-state index is -3.77. The number of aryl methyl sites for hydroxylation is 2. The van der Waals surface area contributed by atoms with Crippen molar-refractivity contribution in [2.75, 3.05) is 11.1 Å². The van der Waals surface area contributed by atoms with Crippen LogP contribution in [0.3, 0.4) is 0 Å². The number of aromatic amines is 1. The number of aromatic nitrogens is 4. The number of nitrogens with two attached hydrogens (primary N) is 1. The molecule has 0 unspecified atom stereocenters. The van der Waals surface area contributed by atoms with E-state index in [1.807, 2.05) is 24.3 Å². The number of sulfonamides is 1. The van der Waals surface area contributed by atoms with Gasteiger partial charge < -0.3 is 14.7 Å². The molecule has 2 heterocycles. The number of carbonyl (C=O) groups is 1. The molecule has 31 heavy (non-hydrogen) atoms. The lowest BCUT2D eigenvalue weighted by atomic mass is 10.3. The van der Waals surface area contributed by atoms with Crippen molar-refractivity contribution in [3.05, 3.63) is 60.2 Å². The Hall–Kier alpha value is -3.22. The van der Waals surface area contributed by atoms with Crippen molar-refractivity contribution in [1.29, 1.82) is 0 Å². The zero-order valence-corrected chi connectivity index (χ0v) is 17.7. The zero-order chi connectivity index (χ0) is 21.8. The van der Waals surface area contributed by atoms with Gasteiger partial charge in [0.2, 0.25) is 21.8 Å². The van der Waals surface area contributed by atoms with Gasteiger partial charge in [-0.15, -0.1) is 10.2 Å². The molecule has 160 valence electrons. The van der Waals surface area contributed by atoms with E-state index in [0.717, 1.165) is 28.6 Å². The van der Waals surface area contributed by atoms with Gasteiger partial charge in [-0.1, -0.05) is 23.9 Å². The first-order valence-electron chi connectivity index (χ1n) is 9.18. The molecule has 4 aromatic rings. The number of para-hydroxylation sites is 2. The third kappa shape index (κ3) is 5.48. The van der Waals surface area contributed by atoms with Crippen molar-refractivity contribution in [2.45, 2.75) is 23.0 Å². The Morgan fingerprint density at radius 3 is 2.61 bits per heavy atom. The van der Waals surface area contributed by atoms with Crippen molar-refractivity contribution >= 4 is 44.4 Å². The van der Waals surface area contributed by atoms with Crippen LogP contribution in [-0.4, -0.2) is 40.2 Å². The van der Waals surface area contributed by atoms with Crippen molar-refractivity contribution in [3.8, 4) is 0 Å². The first kappa shape index (κ1) is 21.0. The quantitative estimate of drug-likeness (QED) is 0.339. The van der Waals surface area contributed by atoms with Crippen molar-refractivity contribution in [2.24, 2.45) is 5.14 Å². The van der Waals surface area contributed by atoms with Gasteiger partial charge >= 0.3 is 0 Å². The summed E-state index contributed by atoms with van der Waals surface area (Å²) in [5, 5.41) is 15.9. The first-order valence-corrected chi connectivity index (χ1v) is 11.7. The molecule has 4 rings (SSSR count). The van der Waals surface area contributed by atoms with Crippen molar-refractivity contribution < 1.29 is 17.6 Å². The van der Waals surface area contributed by atoms with Crippen LogP contribution in [-0.2, 0) is 27.7 Å². The number of amides is 1. The second-order valence-corrected chi connectivity index (χ2v) is 9.06. The number of rotatable bonds is 8. The molecule has 4 N–H and O–H groups in total. The topological polar surface area (TPSA) is 157 Å². The summed E-state index contributed by atoms with van der Waals surface area (Å²) in [6, 6.07) is 13.4. The van der Waals surface area contributed by atoms with Crippen LogP contribution < -0.4 is 10.5 Å². The minimum absolute atomic E-state index is 0.0269. The minimum Gasteiger partial charge on any atom is -0.416 e. The molecule has 0 atom stereocenters. The van der Waals surface area contributed by atoms with E-state index < -0.39 is 10.0 Å². The highest BCUT2D eigenvalue weighted by Gasteiger charge is 2.12. The summed E-state index contributed by atoms with van der Waals surface area (Å²) in [6.45, 7) is 0. The van der Waals surface area contributed by atoms with Crippen LogP contribution in [0.4, 0.5) is 5.69 Å². The molecule has 0 fully saturated rings. The van der Waals surface area contributed by atoms with Crippen LogP contribution in [0.15, 0.2) is 63.1 Å². The number of fused-ring (bicyclic) bond motifs is 1. The van der Waals surface area contributed by atoms with Gasteiger partial charge in [-0.25, -0.2) is 18.5 Å². The average Bonchev–Trinajstić information content (AvgIpc) is 3.37. The summed E-state index contributed by atoms with van der Waals surface area (Å²) < 4.78 is 28.1. The van der Waals surface area contributed by atoms with Gasteiger partial charge in [0.05, 0.1) is 21.7 Å². The average molecular weight is 459 g/mol. The molecule has 1 amide bonds. The molecule has 0 bridgehead atoms. The van der Waals surface area contributed by atoms with E-state index in [1.54, 1.807) is 0 Å². The van der Waals surface area contributed by atoms with Gasteiger partial charge in [0.1, 0.15) is 5.82 Å². The van der Waals surface area contributed by atoms with Gasteiger partial charge in [0, 0.05) is 18.5 Å². The fourth-order valence-electron chi connectivity index (χ4n) is 2.80. The van der Waals surface area contributed by atoms with Gasteiger partial charge in [0.15, 0.2) is 0 Å². The summed E-state index contributed by atoms with van der Waals surface area (Å²) >= 11 is 1.11. The molecule has 2 aromatic carbocycles. The maximum Gasteiger partial charge on any atom is 0.277 e. The van der Waals surface area contributed by atoms with Crippen molar-refractivity contribution in [1.82, 2.24) is 20.2 Å². The standard InChI is InChI=1S/C19H18N6O4S2/c20-31(27,28)13-7-5-12(6-8-13)21-17(26)11-30-19-25-24-18(29-19)10-9-16-22-14-3-1-2-4-15(14)23-16/h1-8H,9-11H2,(H,21,26)(H,22,23)(H2,20,27,28). The second kappa shape index (κ2) is 8.88. The lowest BCUT2D eigenvalue weighted by Gasteiger charge is -2.05. The number of benzene rings is 2. The predicted molar refractivity (Wildman–Crippen MR) is 115 cm³/mol. The molecule has 0 saturated carbocycles. The van der Waals surface area contributed by atoms with E-state index in [0.29, 0.717) is 29.6 Å². The summed E-state index contributed by atoms with van der Waals surface area (Å²) in [7, 11) is -3.77. The second-order valence-electron chi connectivity index (χ2n) is 6.57. The van der Waals surface area contributed by atoms with Crippen LogP contribution >= 0.6 is 11.8 Å². The Bertz CT molecular complexity index is 1280. The van der Waals surface area contributed by atoms with E-state index in [-0.39, 0.29) is 16.6 Å². The molecule has 0 aliphatic rings. The number of primary sulfonamides is 1. The Morgan fingerprint density at radius 1 is 1.10 bits per heavy atom. The first-order chi connectivity index (χ1) is 14.9. The monoisotopic (exact) mass is 458 g/mol. The number of carbonyl (C=O) groups excluding carboxylic acids is 1. The van der Waals surface area contributed by atoms with Gasteiger partial charge in [-0.3, -0.25) is 4.79 Å². The lowest BCUT2D eigenvalue weighted by molar-refractivity contribution is -0.113. The molecule has 12 heteroatoms. The highest BCUT2D eigenvalue weighted by molar-refractivity contribution is 7.99. The number of nitrogens with zero attached hydrogens (tertiary/aromatic N) is 3. The smallest absolute Gasteiger partial charge is 0.277 e. The molecule has 2 aromatic heterocycles. The Balaban J connectivity index is 1.26. The van der Waals surface area contributed by atoms with E-state index in [9.17, 15) is 13.2 Å². The maximum absolute atomic E-state index is 12.1.